The van der Waals surface area contributed by atoms with Gasteiger partial charge in [0.25, 0.3) is 0 Å². The highest BCUT2D eigenvalue weighted by molar-refractivity contribution is 7.89. The summed E-state index contributed by atoms with van der Waals surface area (Å²) in [7, 11) is 1.38. The van der Waals surface area contributed by atoms with Gasteiger partial charge >= 0.3 is 0 Å². The van der Waals surface area contributed by atoms with Crippen LogP contribution in [0, 0.1) is 0 Å². The number of hydrogen-bond donors (Lipinski definition) is 0. The van der Waals surface area contributed by atoms with Crippen molar-refractivity contribution in [1.29, 1.82) is 0 Å². The fourth-order valence-corrected chi connectivity index (χ4v) is 4.44. The summed E-state index contributed by atoms with van der Waals surface area (Å²) in [4.78, 5) is 2.77. The molecular formula is C20H26N2O3S. The van der Waals surface area contributed by atoms with E-state index in [0.29, 0.717) is 10.9 Å². The normalized spacial score (nSPS) is 18.4. The number of nitrogens with zero attached hydrogens (tertiary/aromatic N) is 2. The predicted molar refractivity (Wildman–Crippen MR) is 103 cm³/mol. The Morgan fingerprint density at radius 2 is 1.88 bits per heavy atom. The lowest BCUT2D eigenvalue weighted by atomic mass is 10.0. The highest BCUT2D eigenvalue weighted by Gasteiger charge is 2.26. The molecular weight excluding hydrogens is 348 g/mol. The quantitative estimate of drug-likeness (QED) is 0.779. The number of benzene rings is 2. The van der Waals surface area contributed by atoms with Crippen LogP contribution in [0.1, 0.15) is 30.0 Å². The second-order valence-corrected chi connectivity index (χ2v) is 8.99. The zero-order valence-corrected chi connectivity index (χ0v) is 16.4. The SMILES string of the molecule is COc1ccc(C2CCCN2Cc2cccc(S(=O)(=O)N(C)C)c2)cc1. The van der Waals surface area contributed by atoms with E-state index in [1.54, 1.807) is 33.3 Å². The number of ether oxygens (including phenoxy) is 1. The molecule has 1 heterocycles. The molecule has 5 nitrogen and oxygen atoms in total. The molecule has 0 aliphatic carbocycles. The van der Waals surface area contributed by atoms with Gasteiger partial charge in [-0.1, -0.05) is 24.3 Å². The van der Waals surface area contributed by atoms with Crippen LogP contribution in [-0.4, -0.2) is 45.4 Å². The van der Waals surface area contributed by atoms with Crippen molar-refractivity contribution in [3.63, 3.8) is 0 Å². The van der Waals surface area contributed by atoms with Crippen molar-refractivity contribution < 1.29 is 13.2 Å². The maximum atomic E-state index is 12.4. The lowest BCUT2D eigenvalue weighted by molar-refractivity contribution is 0.248. The standard InChI is InChI=1S/C20H26N2O3S/c1-21(2)26(23,24)19-7-4-6-16(14-19)15-22-13-5-8-20(22)17-9-11-18(25-3)12-10-17/h4,6-7,9-12,14,20H,5,8,13,15H2,1-3H3. The van der Waals surface area contributed by atoms with Crippen LogP contribution in [0.25, 0.3) is 0 Å². The van der Waals surface area contributed by atoms with E-state index in [1.165, 1.54) is 9.87 Å². The first kappa shape index (κ1) is 18.9. The molecule has 1 fully saturated rings. The van der Waals surface area contributed by atoms with Crippen molar-refractivity contribution in [2.45, 2.75) is 30.3 Å². The van der Waals surface area contributed by atoms with Gasteiger partial charge in [-0.2, -0.15) is 0 Å². The number of rotatable bonds is 6. The summed E-state index contributed by atoms with van der Waals surface area (Å²) in [6.07, 6.45) is 2.26. The Bertz CT molecular complexity index is 848. The van der Waals surface area contributed by atoms with Gasteiger partial charge in [-0.05, 0) is 54.8 Å². The molecule has 0 bridgehead atoms. The molecule has 0 radical (unpaired) electrons. The topological polar surface area (TPSA) is 49.9 Å². The first-order chi connectivity index (χ1) is 12.4. The van der Waals surface area contributed by atoms with Crippen molar-refractivity contribution in [3.05, 3.63) is 59.7 Å². The molecule has 0 aromatic heterocycles. The molecule has 2 aromatic rings. The van der Waals surface area contributed by atoms with E-state index in [0.717, 1.165) is 37.2 Å². The molecule has 140 valence electrons. The summed E-state index contributed by atoms with van der Waals surface area (Å²) in [5, 5.41) is 0. The second kappa shape index (κ2) is 7.78. The highest BCUT2D eigenvalue weighted by atomic mass is 32.2. The Labute approximate surface area is 156 Å². The largest absolute Gasteiger partial charge is 0.497 e. The van der Waals surface area contributed by atoms with Gasteiger partial charge in [0.05, 0.1) is 12.0 Å². The molecule has 1 unspecified atom stereocenters. The van der Waals surface area contributed by atoms with Gasteiger partial charge in [-0.25, -0.2) is 12.7 Å². The predicted octanol–water partition coefficient (Wildman–Crippen LogP) is 3.28. The van der Waals surface area contributed by atoms with Gasteiger partial charge in [0, 0.05) is 26.7 Å². The fourth-order valence-electron chi connectivity index (χ4n) is 3.47. The molecule has 0 spiro atoms. The minimum atomic E-state index is -3.41. The summed E-state index contributed by atoms with van der Waals surface area (Å²) in [6.45, 7) is 1.76. The Morgan fingerprint density at radius 1 is 1.15 bits per heavy atom. The summed E-state index contributed by atoms with van der Waals surface area (Å²) in [6, 6.07) is 15.9. The van der Waals surface area contributed by atoms with Crippen molar-refractivity contribution in [2.24, 2.45) is 0 Å². The number of likely N-dealkylation sites (tertiary alicyclic amines) is 1. The van der Waals surface area contributed by atoms with Crippen LogP contribution in [0.2, 0.25) is 0 Å². The molecule has 0 N–H and O–H groups in total. The Kier molecular flexibility index (Phi) is 5.65. The summed E-state index contributed by atoms with van der Waals surface area (Å²) in [5.41, 5.74) is 2.30. The Hall–Kier alpha value is -1.89. The van der Waals surface area contributed by atoms with E-state index >= 15 is 0 Å². The van der Waals surface area contributed by atoms with Crippen molar-refractivity contribution in [2.75, 3.05) is 27.7 Å². The first-order valence-electron chi connectivity index (χ1n) is 8.81. The second-order valence-electron chi connectivity index (χ2n) is 6.84. The zero-order valence-electron chi connectivity index (χ0n) is 15.6. The Balaban J connectivity index is 1.79. The van der Waals surface area contributed by atoms with Crippen LogP contribution in [0.5, 0.6) is 5.75 Å². The van der Waals surface area contributed by atoms with Crippen molar-refractivity contribution >= 4 is 10.0 Å². The number of methoxy groups -OCH3 is 1. The minimum absolute atomic E-state index is 0.347. The number of hydrogen-bond acceptors (Lipinski definition) is 4. The van der Waals surface area contributed by atoms with Crippen LogP contribution in [0.4, 0.5) is 0 Å². The van der Waals surface area contributed by atoms with Gasteiger partial charge in [-0.15, -0.1) is 0 Å². The first-order valence-corrected chi connectivity index (χ1v) is 10.3. The molecule has 3 rings (SSSR count). The third kappa shape index (κ3) is 3.92. The minimum Gasteiger partial charge on any atom is -0.497 e. The third-order valence-corrected chi connectivity index (χ3v) is 6.74. The van der Waals surface area contributed by atoms with Crippen molar-refractivity contribution in [1.82, 2.24) is 9.21 Å². The van der Waals surface area contributed by atoms with Gasteiger partial charge in [-0.3, -0.25) is 4.90 Å². The van der Waals surface area contributed by atoms with E-state index in [9.17, 15) is 8.42 Å². The van der Waals surface area contributed by atoms with Crippen LogP contribution in [-0.2, 0) is 16.6 Å². The lowest BCUT2D eigenvalue weighted by Crippen LogP contribution is -2.24. The summed E-state index contributed by atoms with van der Waals surface area (Å²) in [5.74, 6) is 0.861. The van der Waals surface area contributed by atoms with E-state index in [2.05, 4.69) is 17.0 Å². The average Bonchev–Trinajstić information content (AvgIpc) is 3.10. The summed E-state index contributed by atoms with van der Waals surface area (Å²) >= 11 is 0. The molecule has 1 saturated heterocycles. The van der Waals surface area contributed by atoms with E-state index in [-0.39, 0.29) is 0 Å². The molecule has 0 amide bonds. The molecule has 1 aliphatic rings. The van der Waals surface area contributed by atoms with E-state index < -0.39 is 10.0 Å². The summed E-state index contributed by atoms with van der Waals surface area (Å²) < 4.78 is 31.2. The van der Waals surface area contributed by atoms with Crippen LogP contribution in [0.15, 0.2) is 53.4 Å². The maximum Gasteiger partial charge on any atom is 0.242 e. The van der Waals surface area contributed by atoms with Gasteiger partial charge in [0.15, 0.2) is 0 Å². The van der Waals surface area contributed by atoms with Gasteiger partial charge in [0.2, 0.25) is 10.0 Å². The molecule has 26 heavy (non-hydrogen) atoms. The monoisotopic (exact) mass is 374 g/mol. The molecule has 2 aromatic carbocycles. The third-order valence-electron chi connectivity index (χ3n) is 4.93. The average molecular weight is 375 g/mol. The van der Waals surface area contributed by atoms with Crippen molar-refractivity contribution in [3.8, 4) is 5.75 Å². The smallest absolute Gasteiger partial charge is 0.242 e. The van der Waals surface area contributed by atoms with Crippen LogP contribution in [0.3, 0.4) is 0 Å². The molecule has 1 atom stereocenters. The zero-order chi connectivity index (χ0) is 18.7. The lowest BCUT2D eigenvalue weighted by Gasteiger charge is -2.25. The van der Waals surface area contributed by atoms with Gasteiger partial charge in [0.1, 0.15) is 5.75 Å². The maximum absolute atomic E-state index is 12.4. The molecule has 0 saturated carbocycles. The number of sulfonamides is 1. The molecule has 6 heteroatoms. The van der Waals surface area contributed by atoms with E-state index in [1.807, 2.05) is 24.3 Å². The van der Waals surface area contributed by atoms with Gasteiger partial charge < -0.3 is 4.74 Å². The van der Waals surface area contributed by atoms with Crippen LogP contribution < -0.4 is 4.74 Å². The highest BCUT2D eigenvalue weighted by Crippen LogP contribution is 2.34. The fraction of sp³-hybridized carbons (Fsp3) is 0.400. The molecule has 1 aliphatic heterocycles. The van der Waals surface area contributed by atoms with Crippen LogP contribution >= 0.6 is 0 Å². The van der Waals surface area contributed by atoms with E-state index in [4.69, 9.17) is 4.74 Å². The Morgan fingerprint density at radius 3 is 2.54 bits per heavy atom.